The van der Waals surface area contributed by atoms with Crippen LogP contribution < -0.4 is 9.47 Å². The maximum absolute atomic E-state index is 6.50. The number of rotatable bonds is 3. The van der Waals surface area contributed by atoms with E-state index < -0.39 is 0 Å². The zero-order valence-electron chi connectivity index (χ0n) is 39.1. The second kappa shape index (κ2) is 20.7. The Hall–Kier alpha value is -5.08. The molecule has 59 heavy (non-hydrogen) atoms. The van der Waals surface area contributed by atoms with Gasteiger partial charge in [-0.25, -0.2) is 0 Å². The minimum atomic E-state index is -0.332. The molecule has 312 valence electrons. The van der Waals surface area contributed by atoms with Crippen LogP contribution in [0.15, 0.2) is 121 Å². The molecule has 0 saturated heterocycles. The zero-order valence-corrected chi connectivity index (χ0v) is 39.1. The normalized spacial score (nSPS) is 16.6. The predicted octanol–water partition coefficient (Wildman–Crippen LogP) is 15.8. The van der Waals surface area contributed by atoms with E-state index in [1.165, 1.54) is 77.9 Å². The molecule has 0 aliphatic carbocycles. The van der Waals surface area contributed by atoms with Gasteiger partial charge in [0.15, 0.2) is 0 Å². The van der Waals surface area contributed by atoms with Crippen LogP contribution in [0.4, 0.5) is 0 Å². The van der Waals surface area contributed by atoms with Crippen LogP contribution in [-0.4, -0.2) is 0 Å². The predicted molar refractivity (Wildman–Crippen MR) is 255 cm³/mol. The average Bonchev–Trinajstić information content (AvgIpc) is 3.40. The third-order valence-electron chi connectivity index (χ3n) is 11.9. The molecule has 2 aliphatic heterocycles. The summed E-state index contributed by atoms with van der Waals surface area (Å²) in [6.45, 7) is 32.1. The Balaban J connectivity index is 0.000000184. The van der Waals surface area contributed by atoms with E-state index in [0.717, 1.165) is 30.8 Å². The molecule has 0 aromatic heterocycles. The molecule has 0 radical (unpaired) electrons. The van der Waals surface area contributed by atoms with Crippen molar-refractivity contribution in [2.45, 2.75) is 140 Å². The smallest absolute Gasteiger partial charge is 0.141 e. The Bertz CT molecular complexity index is 2250. The summed E-state index contributed by atoms with van der Waals surface area (Å²) in [6, 6.07) is 43.5. The molecule has 0 saturated carbocycles. The maximum Gasteiger partial charge on any atom is 0.141 e. The lowest BCUT2D eigenvalue weighted by atomic mass is 9.68. The first-order valence-corrected chi connectivity index (χ1v) is 21.8. The van der Waals surface area contributed by atoms with Crippen molar-refractivity contribution in [1.82, 2.24) is 0 Å². The molecule has 0 bridgehead atoms. The van der Waals surface area contributed by atoms with Crippen molar-refractivity contribution in [3.8, 4) is 11.5 Å². The minimum Gasteiger partial charge on any atom is -0.485 e. The number of hydrogen-bond acceptors (Lipinski definition) is 2. The van der Waals surface area contributed by atoms with Crippen LogP contribution in [0.25, 0.3) is 0 Å². The van der Waals surface area contributed by atoms with Gasteiger partial charge in [-0.2, -0.15) is 0 Å². The molecule has 6 aromatic carbocycles. The standard InChI is InChI=1S/C20H24O.C18H20O.C9H12.C8H10.C2H6/c1-13-7-9-16(15(3)11-13)20(6)19(4,5)17-10-8-14(2)12-18(17)21-20;1-12-5-8-16(14(3)10-12)17-9-7-15-6-4-13(2)11-18(15)19-17;1-3-9-6-4-5-8(2)7-9;1-7-3-5-8(2)6-4-7;1-2/h7-12H,1-6H3;4-6,8,10-11,17H,7,9H2,1-3H3;4-7H,3H2,1-2H3;3-6H,1-2H3;1-2H3. The van der Waals surface area contributed by atoms with Crippen LogP contribution in [0.1, 0.15) is 132 Å². The molecule has 2 nitrogen and oxygen atoms in total. The van der Waals surface area contributed by atoms with E-state index in [0.29, 0.717) is 0 Å². The van der Waals surface area contributed by atoms with E-state index in [2.05, 4.69) is 211 Å². The second-order valence-electron chi connectivity index (χ2n) is 17.2. The van der Waals surface area contributed by atoms with Gasteiger partial charge in [-0.15, -0.1) is 0 Å². The number of aryl methyl sites for hydroxylation is 11. The lowest BCUT2D eigenvalue weighted by Gasteiger charge is -2.38. The first-order chi connectivity index (χ1) is 28.0. The lowest BCUT2D eigenvalue weighted by molar-refractivity contribution is 0.0472. The highest BCUT2D eigenvalue weighted by atomic mass is 16.5. The van der Waals surface area contributed by atoms with Gasteiger partial charge in [-0.1, -0.05) is 172 Å². The van der Waals surface area contributed by atoms with E-state index in [4.69, 9.17) is 9.47 Å². The first-order valence-electron chi connectivity index (χ1n) is 21.8. The summed E-state index contributed by atoms with van der Waals surface area (Å²) in [6.07, 6.45) is 3.52. The molecule has 2 atom stereocenters. The Labute approximate surface area is 359 Å². The van der Waals surface area contributed by atoms with Gasteiger partial charge in [0, 0.05) is 11.0 Å². The second-order valence-corrected chi connectivity index (χ2v) is 17.2. The van der Waals surface area contributed by atoms with Crippen LogP contribution in [0, 0.1) is 62.3 Å². The van der Waals surface area contributed by atoms with E-state index in [9.17, 15) is 0 Å². The van der Waals surface area contributed by atoms with Gasteiger partial charge in [-0.05, 0) is 145 Å². The zero-order chi connectivity index (χ0) is 43.5. The van der Waals surface area contributed by atoms with Crippen molar-refractivity contribution in [3.63, 3.8) is 0 Å². The van der Waals surface area contributed by atoms with Crippen LogP contribution in [0.5, 0.6) is 11.5 Å². The molecule has 8 rings (SSSR count). The molecule has 0 fully saturated rings. The number of hydrogen-bond donors (Lipinski definition) is 0. The summed E-state index contributed by atoms with van der Waals surface area (Å²) in [4.78, 5) is 0. The fraction of sp³-hybridized carbons (Fsp3) is 0.368. The summed E-state index contributed by atoms with van der Waals surface area (Å²) in [5, 5.41) is 0. The van der Waals surface area contributed by atoms with Crippen LogP contribution in [0.2, 0.25) is 0 Å². The highest BCUT2D eigenvalue weighted by Crippen LogP contribution is 2.54. The third kappa shape index (κ3) is 11.8. The van der Waals surface area contributed by atoms with Crippen LogP contribution in [0.3, 0.4) is 0 Å². The summed E-state index contributed by atoms with van der Waals surface area (Å²) in [7, 11) is 0. The van der Waals surface area contributed by atoms with Crippen molar-refractivity contribution in [2.75, 3.05) is 0 Å². The molecule has 0 amide bonds. The van der Waals surface area contributed by atoms with E-state index in [1.54, 1.807) is 0 Å². The lowest BCUT2D eigenvalue weighted by Crippen LogP contribution is -2.42. The maximum atomic E-state index is 6.50. The quantitative estimate of drug-likeness (QED) is 0.178. The molecular formula is C57H72O2. The van der Waals surface area contributed by atoms with Crippen molar-refractivity contribution < 1.29 is 9.47 Å². The Morgan fingerprint density at radius 3 is 1.54 bits per heavy atom. The summed E-state index contributed by atoms with van der Waals surface area (Å²) in [5.74, 6) is 2.10. The molecule has 2 aliphatic rings. The van der Waals surface area contributed by atoms with Gasteiger partial charge >= 0.3 is 0 Å². The van der Waals surface area contributed by atoms with Gasteiger partial charge in [-0.3, -0.25) is 0 Å². The van der Waals surface area contributed by atoms with Crippen LogP contribution >= 0.6 is 0 Å². The van der Waals surface area contributed by atoms with Crippen molar-refractivity contribution in [1.29, 1.82) is 0 Å². The molecule has 0 spiro atoms. The number of ether oxygens (including phenoxy) is 2. The van der Waals surface area contributed by atoms with E-state index in [1.807, 2.05) is 13.8 Å². The van der Waals surface area contributed by atoms with Gasteiger partial charge in [0.05, 0.1) is 0 Å². The number of benzene rings is 6. The summed E-state index contributed by atoms with van der Waals surface area (Å²) in [5.41, 5.74) is 18.1. The Morgan fingerprint density at radius 1 is 0.508 bits per heavy atom. The van der Waals surface area contributed by atoms with E-state index in [-0.39, 0.29) is 17.1 Å². The fourth-order valence-corrected chi connectivity index (χ4v) is 8.03. The van der Waals surface area contributed by atoms with Crippen molar-refractivity contribution >= 4 is 0 Å². The molecule has 6 aromatic rings. The van der Waals surface area contributed by atoms with Gasteiger partial charge < -0.3 is 9.47 Å². The third-order valence-corrected chi connectivity index (χ3v) is 11.9. The minimum absolute atomic E-state index is 0.0595. The van der Waals surface area contributed by atoms with Crippen molar-refractivity contribution in [3.05, 3.63) is 199 Å². The van der Waals surface area contributed by atoms with Gasteiger partial charge in [0.1, 0.15) is 23.2 Å². The molecule has 2 heterocycles. The monoisotopic (exact) mass is 789 g/mol. The molecular weight excluding hydrogens is 717 g/mol. The topological polar surface area (TPSA) is 18.5 Å². The van der Waals surface area contributed by atoms with Crippen molar-refractivity contribution in [2.24, 2.45) is 0 Å². The van der Waals surface area contributed by atoms with Gasteiger partial charge in [0.25, 0.3) is 0 Å². The fourth-order valence-electron chi connectivity index (χ4n) is 8.03. The largest absolute Gasteiger partial charge is 0.485 e. The number of fused-ring (bicyclic) bond motifs is 2. The van der Waals surface area contributed by atoms with E-state index >= 15 is 0 Å². The summed E-state index contributed by atoms with van der Waals surface area (Å²) < 4.78 is 12.7. The average molecular weight is 789 g/mol. The summed E-state index contributed by atoms with van der Waals surface area (Å²) >= 11 is 0. The Kier molecular flexibility index (Phi) is 16.4. The Morgan fingerprint density at radius 2 is 1.00 bits per heavy atom. The highest BCUT2D eigenvalue weighted by molar-refractivity contribution is 5.52. The SMILES string of the molecule is CC.CCc1cccc(C)c1.Cc1ccc(C)cc1.Cc1ccc(C2(C)Oc3cc(C)ccc3C2(C)C)c(C)c1.Cc1ccc(C2CCc3ccc(C)cc3O2)c(C)c1. The first kappa shape index (κ1) is 46.6. The van der Waals surface area contributed by atoms with Crippen LogP contribution in [-0.2, 0) is 23.9 Å². The molecule has 2 heteroatoms. The highest BCUT2D eigenvalue weighted by Gasteiger charge is 2.52. The van der Waals surface area contributed by atoms with Gasteiger partial charge in [0.2, 0.25) is 0 Å². The molecule has 2 unspecified atom stereocenters. The molecule has 0 N–H and O–H groups in total.